The molecule has 0 radical (unpaired) electrons. The SMILES string of the molecule is CSc1ccc2cc(C(=O)/C=C/c3cc(C)c(OCC(C)(C)C(=O)O)c(C)c3)oc2c1. The first-order valence-corrected chi connectivity index (χ1v) is 11.1. The maximum absolute atomic E-state index is 12.6. The van der Waals surface area contributed by atoms with Gasteiger partial charge in [0.15, 0.2) is 5.76 Å². The van der Waals surface area contributed by atoms with Crippen LogP contribution in [0.5, 0.6) is 5.75 Å². The minimum atomic E-state index is -0.979. The molecule has 0 saturated heterocycles. The van der Waals surface area contributed by atoms with E-state index in [1.54, 1.807) is 37.8 Å². The van der Waals surface area contributed by atoms with E-state index in [9.17, 15) is 14.7 Å². The summed E-state index contributed by atoms with van der Waals surface area (Å²) in [6, 6.07) is 11.4. The minimum absolute atomic E-state index is 0.0714. The molecule has 31 heavy (non-hydrogen) atoms. The number of carbonyl (C=O) groups is 2. The van der Waals surface area contributed by atoms with Gasteiger partial charge in [-0.05, 0) is 93.1 Å². The number of carbonyl (C=O) groups excluding carboxylic acids is 1. The van der Waals surface area contributed by atoms with Gasteiger partial charge >= 0.3 is 5.97 Å². The lowest BCUT2D eigenvalue weighted by molar-refractivity contribution is -0.148. The Morgan fingerprint density at radius 3 is 2.42 bits per heavy atom. The van der Waals surface area contributed by atoms with Crippen LogP contribution < -0.4 is 4.74 Å². The van der Waals surface area contributed by atoms with E-state index in [2.05, 4.69) is 0 Å². The van der Waals surface area contributed by atoms with Crippen molar-refractivity contribution in [3.05, 3.63) is 64.9 Å². The van der Waals surface area contributed by atoms with Crippen LogP contribution in [0.25, 0.3) is 17.0 Å². The van der Waals surface area contributed by atoms with Crippen molar-refractivity contribution >= 4 is 40.6 Å². The van der Waals surface area contributed by atoms with Gasteiger partial charge in [0.25, 0.3) is 0 Å². The van der Waals surface area contributed by atoms with Gasteiger partial charge in [-0.25, -0.2) is 0 Å². The highest BCUT2D eigenvalue weighted by molar-refractivity contribution is 7.98. The molecule has 0 aliphatic rings. The van der Waals surface area contributed by atoms with Crippen molar-refractivity contribution in [1.29, 1.82) is 0 Å². The molecule has 0 aliphatic heterocycles. The summed E-state index contributed by atoms with van der Waals surface area (Å²) in [5.74, 6) is -0.148. The van der Waals surface area contributed by atoms with Crippen LogP contribution in [-0.2, 0) is 4.79 Å². The van der Waals surface area contributed by atoms with Crippen molar-refractivity contribution in [2.75, 3.05) is 12.9 Å². The van der Waals surface area contributed by atoms with E-state index in [0.29, 0.717) is 17.1 Å². The van der Waals surface area contributed by atoms with Gasteiger partial charge in [0.1, 0.15) is 17.9 Å². The molecular formula is C25H26O5S. The van der Waals surface area contributed by atoms with Gasteiger partial charge in [-0.15, -0.1) is 11.8 Å². The van der Waals surface area contributed by atoms with Crippen molar-refractivity contribution < 1.29 is 23.8 Å². The van der Waals surface area contributed by atoms with Gasteiger partial charge in [-0.2, -0.15) is 0 Å². The van der Waals surface area contributed by atoms with Gasteiger partial charge in [0.2, 0.25) is 5.78 Å². The molecule has 2 aromatic carbocycles. The molecule has 0 bridgehead atoms. The predicted molar refractivity (Wildman–Crippen MR) is 124 cm³/mol. The van der Waals surface area contributed by atoms with E-state index in [1.165, 1.54) is 6.08 Å². The zero-order valence-corrected chi connectivity index (χ0v) is 19.1. The van der Waals surface area contributed by atoms with Gasteiger partial charge in [-0.1, -0.05) is 6.08 Å². The van der Waals surface area contributed by atoms with Gasteiger partial charge < -0.3 is 14.3 Å². The Morgan fingerprint density at radius 1 is 1.13 bits per heavy atom. The molecule has 0 amide bonds. The largest absolute Gasteiger partial charge is 0.492 e. The number of carboxylic acid groups (broad SMARTS) is 1. The van der Waals surface area contributed by atoms with Crippen LogP contribution in [0.15, 0.2) is 51.8 Å². The number of ketones is 1. The number of benzene rings is 2. The average molecular weight is 439 g/mol. The summed E-state index contributed by atoms with van der Waals surface area (Å²) in [7, 11) is 0. The Hall–Kier alpha value is -2.99. The Bertz CT molecular complexity index is 1150. The number of aryl methyl sites for hydroxylation is 2. The standard InChI is InChI=1S/C25H26O5S/c1-15-10-17(11-16(2)23(15)29-14-25(3,4)24(27)28)6-9-20(26)22-12-18-7-8-19(31-5)13-21(18)30-22/h6-13H,14H2,1-5H3,(H,27,28)/b9-6+. The number of fused-ring (bicyclic) bond motifs is 1. The fraction of sp³-hybridized carbons (Fsp3) is 0.280. The normalized spacial score (nSPS) is 11.9. The van der Waals surface area contributed by atoms with E-state index in [4.69, 9.17) is 9.15 Å². The first kappa shape index (κ1) is 22.7. The molecule has 1 heterocycles. The number of carboxylic acids is 1. The average Bonchev–Trinajstić information content (AvgIpc) is 3.14. The second-order valence-electron chi connectivity index (χ2n) is 8.17. The number of hydrogen-bond donors (Lipinski definition) is 1. The van der Waals surface area contributed by atoms with Crippen molar-refractivity contribution in [3.8, 4) is 5.75 Å². The van der Waals surface area contributed by atoms with E-state index < -0.39 is 11.4 Å². The van der Waals surface area contributed by atoms with Gasteiger partial charge in [0, 0.05) is 10.3 Å². The second-order valence-corrected chi connectivity index (χ2v) is 9.05. The molecule has 0 atom stereocenters. The summed E-state index contributed by atoms with van der Waals surface area (Å²) >= 11 is 1.62. The molecule has 162 valence electrons. The Morgan fingerprint density at radius 2 is 1.81 bits per heavy atom. The van der Waals surface area contributed by atoms with E-state index in [1.807, 2.05) is 50.4 Å². The zero-order valence-electron chi connectivity index (χ0n) is 18.3. The summed E-state index contributed by atoms with van der Waals surface area (Å²) in [5.41, 5.74) is 2.32. The highest BCUT2D eigenvalue weighted by Crippen LogP contribution is 2.28. The fourth-order valence-corrected chi connectivity index (χ4v) is 3.56. The summed E-state index contributed by atoms with van der Waals surface area (Å²) in [6.07, 6.45) is 5.23. The summed E-state index contributed by atoms with van der Waals surface area (Å²) in [5, 5.41) is 10.2. The molecular weight excluding hydrogens is 412 g/mol. The van der Waals surface area contributed by atoms with Gasteiger partial charge in [-0.3, -0.25) is 9.59 Å². The molecule has 3 aromatic rings. The zero-order chi connectivity index (χ0) is 22.8. The van der Waals surface area contributed by atoms with Crippen molar-refractivity contribution in [2.24, 2.45) is 5.41 Å². The molecule has 0 saturated carbocycles. The lowest BCUT2D eigenvalue weighted by Crippen LogP contribution is -2.31. The second kappa shape index (κ2) is 9.02. The molecule has 1 aromatic heterocycles. The van der Waals surface area contributed by atoms with Crippen LogP contribution in [0, 0.1) is 19.3 Å². The van der Waals surface area contributed by atoms with E-state index >= 15 is 0 Å². The number of ether oxygens (including phenoxy) is 1. The Kier molecular flexibility index (Phi) is 6.60. The summed E-state index contributed by atoms with van der Waals surface area (Å²) in [4.78, 5) is 25.0. The van der Waals surface area contributed by atoms with Crippen LogP contribution in [0.1, 0.15) is 41.1 Å². The fourth-order valence-electron chi connectivity index (χ4n) is 3.14. The summed E-state index contributed by atoms with van der Waals surface area (Å²) in [6.45, 7) is 7.13. The highest BCUT2D eigenvalue weighted by Gasteiger charge is 2.28. The van der Waals surface area contributed by atoms with E-state index in [-0.39, 0.29) is 12.4 Å². The lowest BCUT2D eigenvalue weighted by atomic mass is 9.95. The predicted octanol–water partition coefficient (Wildman–Crippen LogP) is 6.16. The number of allylic oxidation sites excluding steroid dienone is 1. The van der Waals surface area contributed by atoms with Crippen LogP contribution in [-0.4, -0.2) is 29.7 Å². The smallest absolute Gasteiger partial charge is 0.312 e. The molecule has 5 nitrogen and oxygen atoms in total. The summed E-state index contributed by atoms with van der Waals surface area (Å²) < 4.78 is 11.5. The molecule has 0 aliphatic carbocycles. The lowest BCUT2D eigenvalue weighted by Gasteiger charge is -2.21. The molecule has 0 fully saturated rings. The molecule has 6 heteroatoms. The Labute approximate surface area is 186 Å². The third-order valence-electron chi connectivity index (χ3n) is 5.04. The van der Waals surface area contributed by atoms with Crippen molar-refractivity contribution in [3.63, 3.8) is 0 Å². The quantitative estimate of drug-likeness (QED) is 0.258. The molecule has 0 spiro atoms. The van der Waals surface area contributed by atoms with Crippen molar-refractivity contribution in [2.45, 2.75) is 32.6 Å². The third-order valence-corrected chi connectivity index (χ3v) is 5.76. The number of furan rings is 1. The van der Waals surface area contributed by atoms with Crippen LogP contribution in [0.2, 0.25) is 0 Å². The number of aliphatic carboxylic acids is 1. The number of thioether (sulfide) groups is 1. The Balaban J connectivity index is 1.76. The topological polar surface area (TPSA) is 76.7 Å². The van der Waals surface area contributed by atoms with Crippen LogP contribution in [0.3, 0.4) is 0 Å². The maximum atomic E-state index is 12.6. The van der Waals surface area contributed by atoms with Gasteiger partial charge in [0.05, 0.1) is 5.41 Å². The molecule has 0 unspecified atom stereocenters. The number of hydrogen-bond acceptors (Lipinski definition) is 5. The minimum Gasteiger partial charge on any atom is -0.492 e. The molecule has 1 N–H and O–H groups in total. The van der Waals surface area contributed by atoms with Crippen molar-refractivity contribution in [1.82, 2.24) is 0 Å². The monoisotopic (exact) mass is 438 g/mol. The van der Waals surface area contributed by atoms with Crippen LogP contribution >= 0.6 is 11.8 Å². The van der Waals surface area contributed by atoms with Crippen LogP contribution in [0.4, 0.5) is 0 Å². The molecule has 3 rings (SSSR count). The first-order valence-electron chi connectivity index (χ1n) is 9.88. The highest BCUT2D eigenvalue weighted by atomic mass is 32.2. The number of rotatable bonds is 8. The third kappa shape index (κ3) is 5.20. The maximum Gasteiger partial charge on any atom is 0.312 e. The van der Waals surface area contributed by atoms with E-state index in [0.717, 1.165) is 27.0 Å². The first-order chi connectivity index (χ1) is 14.6.